The Morgan fingerprint density at radius 3 is 2.63 bits per heavy atom. The average molecular weight is 493 g/mol. The van der Waals surface area contributed by atoms with E-state index in [4.69, 9.17) is 0 Å². The minimum Gasteiger partial charge on any atom is -0.406 e. The molecule has 6 nitrogen and oxygen atoms in total. The van der Waals surface area contributed by atoms with E-state index in [1.807, 2.05) is 11.5 Å². The summed E-state index contributed by atoms with van der Waals surface area (Å²) in [5, 5.41) is 0. The maximum Gasteiger partial charge on any atom is 0.573 e. The molecule has 0 N–H and O–H groups in total. The third kappa shape index (κ3) is 6.57. The lowest BCUT2D eigenvalue weighted by atomic mass is 10.1. The summed E-state index contributed by atoms with van der Waals surface area (Å²) in [6.07, 6.45) is 1.03. The fourth-order valence-corrected chi connectivity index (χ4v) is 5.52. The number of halogens is 3. The van der Waals surface area contributed by atoms with Gasteiger partial charge in [-0.25, -0.2) is 4.98 Å². The first kappa shape index (κ1) is 25.5. The van der Waals surface area contributed by atoms with Crippen molar-refractivity contribution in [2.75, 3.05) is 26.2 Å². The van der Waals surface area contributed by atoms with Gasteiger partial charge in [-0.3, -0.25) is 4.79 Å². The number of alkyl halides is 3. The van der Waals surface area contributed by atoms with Crippen LogP contribution in [0.2, 0.25) is 0 Å². The highest BCUT2D eigenvalue weighted by Crippen LogP contribution is 2.52. The van der Waals surface area contributed by atoms with E-state index in [2.05, 4.69) is 28.5 Å². The van der Waals surface area contributed by atoms with Crippen LogP contribution in [0.4, 0.5) is 13.2 Å². The van der Waals surface area contributed by atoms with E-state index in [0.29, 0.717) is 48.0 Å². The van der Waals surface area contributed by atoms with Gasteiger partial charge in [0.15, 0.2) is 0 Å². The van der Waals surface area contributed by atoms with Gasteiger partial charge in [-0.15, -0.1) is 13.2 Å². The van der Waals surface area contributed by atoms with Crippen LogP contribution in [0, 0.1) is 23.7 Å². The predicted octanol–water partition coefficient (Wildman–Crippen LogP) is 5.06. The van der Waals surface area contributed by atoms with E-state index in [9.17, 15) is 18.0 Å². The molecule has 3 atom stereocenters. The van der Waals surface area contributed by atoms with Crippen LogP contribution in [0.1, 0.15) is 49.7 Å². The lowest BCUT2D eigenvalue weighted by Crippen LogP contribution is -2.36. The number of amides is 1. The van der Waals surface area contributed by atoms with E-state index in [1.165, 1.54) is 31.0 Å². The smallest absolute Gasteiger partial charge is 0.406 e. The van der Waals surface area contributed by atoms with Gasteiger partial charge in [0, 0.05) is 45.5 Å². The first-order chi connectivity index (χ1) is 16.7. The summed E-state index contributed by atoms with van der Waals surface area (Å²) >= 11 is 0. The number of nitrogens with zero attached hydrogens (tertiary/aromatic N) is 4. The van der Waals surface area contributed by atoms with E-state index >= 15 is 0 Å². The number of hydrogen-bond acceptors (Lipinski definition) is 4. The lowest BCUT2D eigenvalue weighted by Gasteiger charge is -2.26. The Labute approximate surface area is 205 Å². The molecule has 0 radical (unpaired) electrons. The second kappa shape index (κ2) is 10.6. The van der Waals surface area contributed by atoms with Crippen molar-refractivity contribution in [3.63, 3.8) is 0 Å². The molecule has 2 aliphatic rings. The summed E-state index contributed by atoms with van der Waals surface area (Å²) in [4.78, 5) is 21.9. The topological polar surface area (TPSA) is 50.6 Å². The summed E-state index contributed by atoms with van der Waals surface area (Å²) in [7, 11) is 0. The van der Waals surface area contributed by atoms with Gasteiger partial charge < -0.3 is 19.1 Å². The van der Waals surface area contributed by atoms with Gasteiger partial charge in [0.2, 0.25) is 0 Å². The largest absolute Gasteiger partial charge is 0.573 e. The van der Waals surface area contributed by atoms with Crippen molar-refractivity contribution in [3.05, 3.63) is 48.0 Å². The van der Waals surface area contributed by atoms with Crippen molar-refractivity contribution < 1.29 is 22.7 Å². The van der Waals surface area contributed by atoms with Gasteiger partial charge in [-0.1, -0.05) is 32.4 Å². The number of ether oxygens (including phenoxy) is 1. The lowest BCUT2D eigenvalue weighted by molar-refractivity contribution is -0.274. The summed E-state index contributed by atoms with van der Waals surface area (Å²) in [6, 6.07) is 5.86. The monoisotopic (exact) mass is 492 g/mol. The average Bonchev–Trinajstić information content (AvgIpc) is 3.14. The maximum atomic E-state index is 13.4. The zero-order chi connectivity index (χ0) is 25.2. The number of benzene rings is 1. The number of likely N-dealkylation sites (tertiary alicyclic amines) is 1. The fraction of sp³-hybridized carbons (Fsp3) is 0.615. The molecule has 0 spiro atoms. The Morgan fingerprint density at radius 2 is 2.00 bits per heavy atom. The van der Waals surface area contributed by atoms with Gasteiger partial charge in [0.25, 0.3) is 5.91 Å². The van der Waals surface area contributed by atoms with Gasteiger partial charge in [-0.2, -0.15) is 0 Å². The molecule has 2 aromatic rings. The molecule has 1 aliphatic carbocycles. The van der Waals surface area contributed by atoms with Crippen LogP contribution >= 0.6 is 0 Å². The van der Waals surface area contributed by atoms with Crippen LogP contribution < -0.4 is 4.74 Å². The number of imidazole rings is 1. The Morgan fingerprint density at radius 1 is 1.26 bits per heavy atom. The SMILES string of the molecule is CCCC(C)CN1CC2C(C1)C2CN(Cc1cccc(OC(F)(F)F)c1)C(=O)c1cn(CC)cn1. The van der Waals surface area contributed by atoms with Crippen molar-refractivity contribution >= 4 is 5.91 Å². The quantitative estimate of drug-likeness (QED) is 0.440. The van der Waals surface area contributed by atoms with E-state index in [-0.39, 0.29) is 18.2 Å². The zero-order valence-corrected chi connectivity index (χ0v) is 20.7. The second-order valence-corrected chi connectivity index (χ2v) is 10.1. The van der Waals surface area contributed by atoms with E-state index in [0.717, 1.165) is 19.6 Å². The number of carbonyl (C=O) groups excluding carboxylic acids is 1. The first-order valence-electron chi connectivity index (χ1n) is 12.5. The molecule has 2 heterocycles. The minimum absolute atomic E-state index is 0.197. The van der Waals surface area contributed by atoms with Crippen LogP contribution in [-0.2, 0) is 13.1 Å². The molecule has 1 aromatic carbocycles. The third-order valence-electron chi connectivity index (χ3n) is 7.24. The van der Waals surface area contributed by atoms with Crippen LogP contribution in [-0.4, -0.2) is 57.8 Å². The Hall–Kier alpha value is -2.55. The molecule has 1 aromatic heterocycles. The van der Waals surface area contributed by atoms with Crippen molar-refractivity contribution in [2.45, 2.75) is 53.1 Å². The number of carbonyl (C=O) groups is 1. The van der Waals surface area contributed by atoms with Crippen LogP contribution in [0.15, 0.2) is 36.8 Å². The molecule has 4 rings (SSSR count). The van der Waals surface area contributed by atoms with Gasteiger partial charge in [0.05, 0.1) is 6.33 Å². The molecule has 1 amide bonds. The molecule has 0 bridgehead atoms. The molecule has 3 unspecified atom stereocenters. The highest BCUT2D eigenvalue weighted by Gasteiger charge is 2.56. The molecule has 1 saturated carbocycles. The first-order valence-corrected chi connectivity index (χ1v) is 12.5. The van der Waals surface area contributed by atoms with Crippen molar-refractivity contribution in [1.29, 1.82) is 0 Å². The number of hydrogen-bond donors (Lipinski definition) is 0. The molecule has 1 aliphatic heterocycles. The summed E-state index contributed by atoms with van der Waals surface area (Å²) < 4.78 is 44.0. The van der Waals surface area contributed by atoms with Crippen LogP contribution in [0.5, 0.6) is 5.75 Å². The van der Waals surface area contributed by atoms with E-state index in [1.54, 1.807) is 23.5 Å². The highest BCUT2D eigenvalue weighted by atomic mass is 19.4. The number of piperidine rings is 1. The number of fused-ring (bicyclic) bond motifs is 1. The predicted molar refractivity (Wildman–Crippen MR) is 127 cm³/mol. The van der Waals surface area contributed by atoms with Gasteiger partial charge in [-0.05, 0) is 54.7 Å². The minimum atomic E-state index is -4.76. The standard InChI is InChI=1S/C26H35F3N4O2/c1-4-7-18(3)11-32-13-21-22(14-32)23(21)15-33(25(34)24-16-31(5-2)17-30-24)12-19-8-6-9-20(10-19)35-26(27,28)29/h6,8-10,16-18,21-23H,4-5,7,11-15H2,1-3H3. The molecule has 9 heteroatoms. The Balaban J connectivity index is 1.44. The molecular formula is C26H35F3N4O2. The van der Waals surface area contributed by atoms with Crippen LogP contribution in [0.25, 0.3) is 0 Å². The van der Waals surface area contributed by atoms with Crippen molar-refractivity contribution in [1.82, 2.24) is 19.4 Å². The van der Waals surface area contributed by atoms with Crippen LogP contribution in [0.3, 0.4) is 0 Å². The zero-order valence-electron chi connectivity index (χ0n) is 20.7. The molecule has 192 valence electrons. The summed E-state index contributed by atoms with van der Waals surface area (Å²) in [6.45, 7) is 11.2. The van der Waals surface area contributed by atoms with Gasteiger partial charge in [0.1, 0.15) is 11.4 Å². The normalized spacial score (nSPS) is 22.6. The Bertz CT molecular complexity index is 996. The molecule has 2 fully saturated rings. The Kier molecular flexibility index (Phi) is 7.73. The number of aromatic nitrogens is 2. The highest BCUT2D eigenvalue weighted by molar-refractivity contribution is 5.92. The second-order valence-electron chi connectivity index (χ2n) is 10.1. The summed E-state index contributed by atoms with van der Waals surface area (Å²) in [5.41, 5.74) is 0.950. The number of rotatable bonds is 11. The summed E-state index contributed by atoms with van der Waals surface area (Å²) in [5.74, 6) is 1.78. The molecule has 35 heavy (non-hydrogen) atoms. The third-order valence-corrected chi connectivity index (χ3v) is 7.24. The fourth-order valence-electron chi connectivity index (χ4n) is 5.52. The molecular weight excluding hydrogens is 457 g/mol. The molecule has 1 saturated heterocycles. The van der Waals surface area contributed by atoms with Crippen molar-refractivity contribution in [3.8, 4) is 5.75 Å². The van der Waals surface area contributed by atoms with Crippen molar-refractivity contribution in [2.24, 2.45) is 23.7 Å². The van der Waals surface area contributed by atoms with E-state index < -0.39 is 6.36 Å². The number of aryl methyl sites for hydroxylation is 1. The van der Waals surface area contributed by atoms with Gasteiger partial charge >= 0.3 is 6.36 Å². The maximum absolute atomic E-state index is 13.4.